The summed E-state index contributed by atoms with van der Waals surface area (Å²) in [5.41, 5.74) is 2.22. The molecule has 11 heteroatoms. The highest BCUT2D eigenvalue weighted by atomic mass is 32.2. The first-order valence-corrected chi connectivity index (χ1v) is 11.3. The van der Waals surface area contributed by atoms with Crippen molar-refractivity contribution in [3.8, 4) is 0 Å². The van der Waals surface area contributed by atoms with Crippen LogP contribution in [0.5, 0.6) is 0 Å². The Hall–Kier alpha value is -3.28. The third-order valence-electron chi connectivity index (χ3n) is 5.24. The number of carbonyl (C=O) groups excluding carboxylic acids is 1. The van der Waals surface area contributed by atoms with Crippen LogP contribution in [0, 0.1) is 10.1 Å². The minimum Gasteiger partial charge on any atom is -0.379 e. The summed E-state index contributed by atoms with van der Waals surface area (Å²) in [6.07, 6.45) is 1.52. The molecule has 2 heterocycles. The van der Waals surface area contributed by atoms with Crippen molar-refractivity contribution in [3.63, 3.8) is 0 Å². The highest BCUT2D eigenvalue weighted by Gasteiger charge is 2.20. The van der Waals surface area contributed by atoms with E-state index in [4.69, 9.17) is 4.74 Å². The summed E-state index contributed by atoms with van der Waals surface area (Å²) in [7, 11) is 1.76. The minimum absolute atomic E-state index is 0.150. The van der Waals surface area contributed by atoms with Gasteiger partial charge in [-0.25, -0.2) is 0 Å². The Morgan fingerprint density at radius 3 is 2.73 bits per heavy atom. The van der Waals surface area contributed by atoms with E-state index in [-0.39, 0.29) is 17.2 Å². The molecule has 4 rings (SSSR count). The fraction of sp³-hybridized carbons (Fsp3) is 0.318. The summed E-state index contributed by atoms with van der Waals surface area (Å²) in [6.45, 7) is 4.48. The maximum absolute atomic E-state index is 12.7. The second-order valence-electron chi connectivity index (χ2n) is 7.66. The summed E-state index contributed by atoms with van der Waals surface area (Å²) >= 11 is 1.13. The number of carbonyl (C=O) groups is 1. The van der Waals surface area contributed by atoms with Crippen molar-refractivity contribution in [3.05, 3.63) is 75.6 Å². The number of amides is 1. The predicted molar refractivity (Wildman–Crippen MR) is 122 cm³/mol. The smallest absolute Gasteiger partial charge is 0.284 e. The molecule has 3 aromatic rings. The van der Waals surface area contributed by atoms with E-state index in [1.54, 1.807) is 23.7 Å². The molecule has 0 saturated carbocycles. The number of nitrogens with zero attached hydrogens (tertiary/aromatic N) is 5. The third kappa shape index (κ3) is 5.95. The summed E-state index contributed by atoms with van der Waals surface area (Å²) in [4.78, 5) is 26.5. The third-order valence-corrected chi connectivity index (χ3v) is 6.36. The molecule has 172 valence electrons. The zero-order valence-electron chi connectivity index (χ0n) is 18.1. The Morgan fingerprint density at radius 1 is 1.21 bits per heavy atom. The molecule has 1 aliphatic rings. The number of nitro benzene ring substituents is 1. The Kier molecular flexibility index (Phi) is 7.33. The van der Waals surface area contributed by atoms with Crippen molar-refractivity contribution in [1.29, 1.82) is 0 Å². The van der Waals surface area contributed by atoms with Gasteiger partial charge in [-0.2, -0.15) is 0 Å². The van der Waals surface area contributed by atoms with Crippen molar-refractivity contribution >= 4 is 23.4 Å². The molecule has 33 heavy (non-hydrogen) atoms. The van der Waals surface area contributed by atoms with Crippen LogP contribution < -0.4 is 5.32 Å². The van der Waals surface area contributed by atoms with E-state index in [2.05, 4.69) is 32.5 Å². The maximum atomic E-state index is 12.7. The first-order valence-electron chi connectivity index (χ1n) is 10.5. The average molecular weight is 469 g/mol. The molecule has 0 radical (unpaired) electrons. The van der Waals surface area contributed by atoms with Crippen LogP contribution in [0.1, 0.15) is 21.5 Å². The second kappa shape index (κ2) is 10.6. The lowest BCUT2D eigenvalue weighted by Gasteiger charge is -2.26. The summed E-state index contributed by atoms with van der Waals surface area (Å²) in [5.74, 6) is -0.369. The van der Waals surface area contributed by atoms with Gasteiger partial charge >= 0.3 is 0 Å². The Balaban J connectivity index is 1.41. The molecule has 0 atom stereocenters. The maximum Gasteiger partial charge on any atom is 0.284 e. The van der Waals surface area contributed by atoms with Gasteiger partial charge in [0.15, 0.2) is 5.16 Å². The Morgan fingerprint density at radius 2 is 2.00 bits per heavy atom. The Bertz CT molecular complexity index is 1150. The topological polar surface area (TPSA) is 115 Å². The number of ether oxygens (including phenoxy) is 1. The molecule has 0 unspecified atom stereocenters. The first-order chi connectivity index (χ1) is 16.0. The molecule has 2 aromatic carbocycles. The molecule has 0 bridgehead atoms. The summed E-state index contributed by atoms with van der Waals surface area (Å²) < 4.78 is 7.06. The van der Waals surface area contributed by atoms with Gasteiger partial charge in [0.2, 0.25) is 0 Å². The largest absolute Gasteiger partial charge is 0.379 e. The lowest BCUT2D eigenvalue weighted by Crippen LogP contribution is -2.35. The van der Waals surface area contributed by atoms with E-state index in [1.807, 2.05) is 12.1 Å². The normalized spacial score (nSPS) is 14.2. The van der Waals surface area contributed by atoms with Gasteiger partial charge in [-0.15, -0.1) is 10.2 Å². The van der Waals surface area contributed by atoms with E-state index in [1.165, 1.54) is 18.0 Å². The molecule has 1 amide bonds. The fourth-order valence-electron chi connectivity index (χ4n) is 3.49. The lowest BCUT2D eigenvalue weighted by atomic mass is 10.1. The van der Waals surface area contributed by atoms with Crippen LogP contribution in [0.4, 0.5) is 5.69 Å². The van der Waals surface area contributed by atoms with Crippen LogP contribution in [0.25, 0.3) is 0 Å². The number of hydrogen-bond acceptors (Lipinski definition) is 8. The van der Waals surface area contributed by atoms with Gasteiger partial charge in [-0.3, -0.25) is 19.8 Å². The van der Waals surface area contributed by atoms with Crippen LogP contribution >= 0.6 is 11.8 Å². The zero-order chi connectivity index (χ0) is 23.2. The van der Waals surface area contributed by atoms with Crippen LogP contribution in [0.2, 0.25) is 0 Å². The molecule has 10 nitrogen and oxygen atoms in total. The second-order valence-corrected chi connectivity index (χ2v) is 8.67. The number of hydrogen-bond donors (Lipinski definition) is 1. The van der Waals surface area contributed by atoms with Crippen LogP contribution in [-0.2, 0) is 24.9 Å². The molecule has 0 spiro atoms. The number of nitrogens with one attached hydrogen (secondary N) is 1. The summed E-state index contributed by atoms with van der Waals surface area (Å²) in [5, 5.41) is 22.7. The number of nitro groups is 1. The molecule has 1 aliphatic heterocycles. The van der Waals surface area contributed by atoms with E-state index < -0.39 is 4.92 Å². The molecule has 1 fully saturated rings. The van der Waals surface area contributed by atoms with Crippen LogP contribution in [-0.4, -0.2) is 56.8 Å². The van der Waals surface area contributed by atoms with Gasteiger partial charge in [-0.05, 0) is 35.0 Å². The quantitative estimate of drug-likeness (QED) is 0.396. The number of benzene rings is 2. The zero-order valence-corrected chi connectivity index (χ0v) is 19.0. The summed E-state index contributed by atoms with van der Waals surface area (Å²) in [6, 6.07) is 12.5. The van der Waals surface area contributed by atoms with E-state index in [9.17, 15) is 14.9 Å². The van der Waals surface area contributed by atoms with Crippen molar-refractivity contribution < 1.29 is 14.5 Å². The fourth-order valence-corrected chi connectivity index (χ4v) is 4.34. The predicted octanol–water partition coefficient (Wildman–Crippen LogP) is 2.64. The van der Waals surface area contributed by atoms with Crippen LogP contribution in [0.15, 0.2) is 58.8 Å². The highest BCUT2D eigenvalue weighted by Crippen LogP contribution is 2.34. The van der Waals surface area contributed by atoms with Gasteiger partial charge in [0.25, 0.3) is 11.6 Å². The first kappa shape index (κ1) is 22.9. The minimum atomic E-state index is -0.495. The standard InChI is InChI=1S/C22H24N6O4S/c1-26-15-24-25-22(26)33-20-6-5-18(12-19(20)28(30)31)21(29)23-13-16-3-2-4-17(11-16)14-27-7-9-32-10-8-27/h2-6,11-12,15H,7-10,13-14H2,1H3,(H,23,29). The Labute approximate surface area is 195 Å². The SMILES string of the molecule is Cn1cnnc1Sc1ccc(C(=O)NCc2cccc(CN3CCOCC3)c2)cc1[N+](=O)[O-]. The van der Waals surface area contributed by atoms with Crippen molar-refractivity contribution in [2.24, 2.45) is 7.05 Å². The van der Waals surface area contributed by atoms with E-state index >= 15 is 0 Å². The molecule has 1 aromatic heterocycles. The van der Waals surface area contributed by atoms with Gasteiger partial charge in [0, 0.05) is 44.9 Å². The molecular formula is C22H24N6O4S. The van der Waals surface area contributed by atoms with Gasteiger partial charge < -0.3 is 14.6 Å². The number of aryl methyl sites for hydroxylation is 1. The van der Waals surface area contributed by atoms with E-state index in [0.29, 0.717) is 16.6 Å². The number of rotatable bonds is 8. The van der Waals surface area contributed by atoms with Crippen LogP contribution in [0.3, 0.4) is 0 Å². The molecule has 0 aliphatic carbocycles. The van der Waals surface area contributed by atoms with Gasteiger partial charge in [0.05, 0.1) is 23.0 Å². The van der Waals surface area contributed by atoms with Gasteiger partial charge in [-0.1, -0.05) is 24.3 Å². The average Bonchev–Trinajstić information content (AvgIpc) is 3.22. The van der Waals surface area contributed by atoms with Crippen molar-refractivity contribution in [2.75, 3.05) is 26.3 Å². The lowest BCUT2D eigenvalue weighted by molar-refractivity contribution is -0.387. The van der Waals surface area contributed by atoms with Crippen molar-refractivity contribution in [1.82, 2.24) is 25.0 Å². The van der Waals surface area contributed by atoms with Gasteiger partial charge in [0.1, 0.15) is 6.33 Å². The molecular weight excluding hydrogens is 444 g/mol. The molecule has 1 saturated heterocycles. The van der Waals surface area contributed by atoms with Crippen molar-refractivity contribution in [2.45, 2.75) is 23.1 Å². The molecule has 1 N–H and O–H groups in total. The highest BCUT2D eigenvalue weighted by molar-refractivity contribution is 7.99. The number of morpholine rings is 1. The van der Waals surface area contributed by atoms with E-state index in [0.717, 1.165) is 50.2 Å². The monoisotopic (exact) mass is 468 g/mol. The number of aromatic nitrogens is 3.